The standard InChI is InChI=1S/C47H81NO5S/c1-3-5-7-9-11-13-15-17-19-21-23-25-26-28-30-32-34-36-38-40-42-46(49)45(44-54(51,52)53)48-47(50)43-41-39-37-35-33-31-29-27-24-22-20-18-16-14-12-10-8-6-4-2/h6,8,12,14,18,20,24,27,31,33,37,39-40,42,45-46,49H,3-5,7,9-11,13,15-17,19,21-23,25-26,28-30,32,34-36,38,41,43-44H2,1-2H3,(H,48,50)(H,51,52,53)/b8-6-,14-12-,20-18-,27-24-,33-31-,39-37-,42-40+. The van der Waals surface area contributed by atoms with Crippen LogP contribution in [0.2, 0.25) is 0 Å². The van der Waals surface area contributed by atoms with Gasteiger partial charge in [0.2, 0.25) is 5.91 Å². The number of aliphatic hydroxyl groups excluding tert-OH is 1. The zero-order valence-electron chi connectivity index (χ0n) is 34.6. The quantitative estimate of drug-likeness (QED) is 0.0329. The molecule has 2 atom stereocenters. The predicted molar refractivity (Wildman–Crippen MR) is 234 cm³/mol. The summed E-state index contributed by atoms with van der Waals surface area (Å²) in [6.45, 7) is 4.41. The monoisotopic (exact) mass is 772 g/mol. The molecule has 0 fully saturated rings. The van der Waals surface area contributed by atoms with Gasteiger partial charge in [0.15, 0.2) is 0 Å². The maximum Gasteiger partial charge on any atom is 0.267 e. The number of amides is 1. The van der Waals surface area contributed by atoms with E-state index in [-0.39, 0.29) is 12.3 Å². The van der Waals surface area contributed by atoms with Crippen molar-refractivity contribution in [2.45, 2.75) is 199 Å². The number of nitrogens with one attached hydrogen (secondary N) is 1. The van der Waals surface area contributed by atoms with Gasteiger partial charge in [0.05, 0.1) is 17.9 Å². The Morgan fingerprint density at radius 1 is 0.519 bits per heavy atom. The Kier molecular flexibility index (Phi) is 38.3. The number of unbranched alkanes of at least 4 members (excludes halogenated alkanes) is 18. The Hall–Kier alpha value is -2.48. The maximum atomic E-state index is 12.5. The van der Waals surface area contributed by atoms with Gasteiger partial charge in [-0.3, -0.25) is 9.35 Å². The summed E-state index contributed by atoms with van der Waals surface area (Å²) < 4.78 is 32.5. The van der Waals surface area contributed by atoms with E-state index < -0.39 is 28.0 Å². The molecule has 54 heavy (non-hydrogen) atoms. The van der Waals surface area contributed by atoms with Gasteiger partial charge in [-0.2, -0.15) is 8.42 Å². The highest BCUT2D eigenvalue weighted by Gasteiger charge is 2.24. The summed E-state index contributed by atoms with van der Waals surface area (Å²) in [4.78, 5) is 12.5. The van der Waals surface area contributed by atoms with Crippen molar-refractivity contribution in [3.8, 4) is 0 Å². The first kappa shape index (κ1) is 51.5. The molecule has 0 aromatic heterocycles. The van der Waals surface area contributed by atoms with E-state index in [1.807, 2.05) is 18.2 Å². The zero-order chi connectivity index (χ0) is 39.6. The summed E-state index contributed by atoms with van der Waals surface area (Å²) >= 11 is 0. The van der Waals surface area contributed by atoms with Gasteiger partial charge in [-0.1, -0.05) is 208 Å². The van der Waals surface area contributed by atoms with Crippen LogP contribution in [-0.4, -0.2) is 41.9 Å². The number of carbonyl (C=O) groups excluding carboxylic acids is 1. The molecule has 1 amide bonds. The molecule has 7 heteroatoms. The van der Waals surface area contributed by atoms with E-state index in [2.05, 4.69) is 79.9 Å². The Bertz CT molecular complexity index is 1160. The minimum absolute atomic E-state index is 0.167. The highest BCUT2D eigenvalue weighted by atomic mass is 32.2. The van der Waals surface area contributed by atoms with Gasteiger partial charge in [-0.15, -0.1) is 0 Å². The minimum atomic E-state index is -4.38. The van der Waals surface area contributed by atoms with Gasteiger partial charge in [-0.25, -0.2) is 0 Å². The summed E-state index contributed by atoms with van der Waals surface area (Å²) in [5.74, 6) is -1.09. The summed E-state index contributed by atoms with van der Waals surface area (Å²) in [7, 11) is -4.38. The van der Waals surface area contributed by atoms with Gasteiger partial charge in [-0.05, 0) is 57.8 Å². The second kappa shape index (κ2) is 40.2. The van der Waals surface area contributed by atoms with Crippen molar-refractivity contribution in [1.82, 2.24) is 5.32 Å². The van der Waals surface area contributed by atoms with Crippen molar-refractivity contribution in [2.24, 2.45) is 0 Å². The first-order chi connectivity index (χ1) is 26.3. The van der Waals surface area contributed by atoms with E-state index in [1.165, 1.54) is 109 Å². The largest absolute Gasteiger partial charge is 0.387 e. The van der Waals surface area contributed by atoms with E-state index in [1.54, 1.807) is 0 Å². The third kappa shape index (κ3) is 40.7. The molecule has 0 spiro atoms. The van der Waals surface area contributed by atoms with Crippen molar-refractivity contribution in [2.75, 3.05) is 5.75 Å². The van der Waals surface area contributed by atoms with Gasteiger partial charge in [0.1, 0.15) is 0 Å². The maximum absolute atomic E-state index is 12.5. The molecule has 0 bridgehead atoms. The topological polar surface area (TPSA) is 104 Å². The molecule has 6 nitrogen and oxygen atoms in total. The molecule has 0 saturated carbocycles. The minimum Gasteiger partial charge on any atom is -0.387 e. The van der Waals surface area contributed by atoms with Gasteiger partial charge >= 0.3 is 0 Å². The van der Waals surface area contributed by atoms with Crippen molar-refractivity contribution < 1.29 is 22.9 Å². The summed E-state index contributed by atoms with van der Waals surface area (Å²) in [6.07, 6.45) is 58.7. The van der Waals surface area contributed by atoms with Gasteiger partial charge < -0.3 is 10.4 Å². The smallest absolute Gasteiger partial charge is 0.267 e. The predicted octanol–water partition coefficient (Wildman–Crippen LogP) is 13.2. The van der Waals surface area contributed by atoms with E-state index in [4.69, 9.17) is 0 Å². The molecule has 2 unspecified atom stereocenters. The summed E-state index contributed by atoms with van der Waals surface area (Å²) in [6, 6.07) is -1.10. The number of aliphatic hydroxyl groups is 1. The van der Waals surface area contributed by atoms with E-state index in [0.717, 1.165) is 57.8 Å². The molecule has 310 valence electrons. The first-order valence-electron chi connectivity index (χ1n) is 21.8. The Labute approximate surface area is 333 Å². The second-order valence-corrected chi connectivity index (χ2v) is 16.1. The van der Waals surface area contributed by atoms with E-state index >= 15 is 0 Å². The fourth-order valence-corrected chi connectivity index (χ4v) is 6.85. The van der Waals surface area contributed by atoms with E-state index in [9.17, 15) is 22.9 Å². The molecule has 0 aliphatic heterocycles. The molecule has 0 saturated heterocycles. The van der Waals surface area contributed by atoms with Crippen LogP contribution in [0.5, 0.6) is 0 Å². The summed E-state index contributed by atoms with van der Waals surface area (Å²) in [5, 5.41) is 13.2. The van der Waals surface area contributed by atoms with Gasteiger partial charge in [0.25, 0.3) is 10.1 Å². The van der Waals surface area contributed by atoms with Crippen LogP contribution in [0.25, 0.3) is 0 Å². The number of carbonyl (C=O) groups is 1. The number of allylic oxidation sites excluding steroid dienone is 13. The molecule has 0 aliphatic rings. The Balaban J connectivity index is 4.03. The average Bonchev–Trinajstić information content (AvgIpc) is 3.14. The number of rotatable bonds is 38. The lowest BCUT2D eigenvalue weighted by Gasteiger charge is -2.20. The fraction of sp³-hybridized carbons (Fsp3) is 0.681. The lowest BCUT2D eigenvalue weighted by molar-refractivity contribution is -0.122. The third-order valence-corrected chi connectivity index (χ3v) is 10.1. The van der Waals surface area contributed by atoms with Crippen LogP contribution in [0.1, 0.15) is 187 Å². The molecule has 0 aliphatic carbocycles. The lowest BCUT2D eigenvalue weighted by atomic mass is 10.0. The molecular weight excluding hydrogens is 691 g/mol. The first-order valence-corrected chi connectivity index (χ1v) is 23.4. The Morgan fingerprint density at radius 2 is 0.889 bits per heavy atom. The molecule has 0 heterocycles. The number of hydrogen-bond acceptors (Lipinski definition) is 4. The summed E-state index contributed by atoms with van der Waals surface area (Å²) in [5.41, 5.74) is 0. The van der Waals surface area contributed by atoms with Crippen LogP contribution in [-0.2, 0) is 14.9 Å². The normalized spacial score (nSPS) is 14.1. The highest BCUT2D eigenvalue weighted by molar-refractivity contribution is 7.85. The molecule has 0 aromatic rings. The van der Waals surface area contributed by atoms with Gasteiger partial charge in [0, 0.05) is 6.42 Å². The van der Waals surface area contributed by atoms with Crippen molar-refractivity contribution in [3.63, 3.8) is 0 Å². The van der Waals surface area contributed by atoms with Crippen LogP contribution in [0.15, 0.2) is 85.1 Å². The molecule has 3 N–H and O–H groups in total. The Morgan fingerprint density at radius 3 is 1.28 bits per heavy atom. The van der Waals surface area contributed by atoms with Crippen LogP contribution in [0, 0.1) is 0 Å². The fourth-order valence-electron chi connectivity index (χ4n) is 6.12. The van der Waals surface area contributed by atoms with Crippen LogP contribution < -0.4 is 5.32 Å². The van der Waals surface area contributed by atoms with Crippen LogP contribution in [0.3, 0.4) is 0 Å². The molecule has 0 rings (SSSR count). The third-order valence-electron chi connectivity index (χ3n) is 9.34. The molecule has 0 aromatic carbocycles. The van der Waals surface area contributed by atoms with Crippen LogP contribution >= 0.6 is 0 Å². The van der Waals surface area contributed by atoms with Crippen molar-refractivity contribution in [3.05, 3.63) is 85.1 Å². The second-order valence-electron chi connectivity index (χ2n) is 14.6. The molecular formula is C47H81NO5S. The molecule has 0 radical (unpaired) electrons. The van der Waals surface area contributed by atoms with Crippen molar-refractivity contribution in [1.29, 1.82) is 0 Å². The lowest BCUT2D eigenvalue weighted by Crippen LogP contribution is -2.46. The van der Waals surface area contributed by atoms with E-state index in [0.29, 0.717) is 6.42 Å². The number of hydrogen-bond donors (Lipinski definition) is 3. The van der Waals surface area contributed by atoms with Crippen LogP contribution in [0.4, 0.5) is 0 Å². The average molecular weight is 772 g/mol. The highest BCUT2D eigenvalue weighted by Crippen LogP contribution is 2.15. The SMILES string of the molecule is CC/C=C\C/C=C\C/C=C\C/C=C\C/C=C\C/C=C\CCC(=O)NC(CS(=O)(=O)O)C(O)/C=C/CCCCCCCCCCCCCCCCCCCC. The van der Waals surface area contributed by atoms with Crippen molar-refractivity contribution >= 4 is 16.0 Å². The zero-order valence-corrected chi connectivity index (χ0v) is 35.4.